The zero-order valence-electron chi connectivity index (χ0n) is 19.9. The first-order chi connectivity index (χ1) is 17.2. The van der Waals surface area contributed by atoms with Crippen LogP contribution in [0.2, 0.25) is 0 Å². The van der Waals surface area contributed by atoms with E-state index in [1.54, 1.807) is 12.4 Å². The SMILES string of the molecule is Cc1ccc(COc2ccccc2/C=C2\SC(=Nc3cccnc3)N(C3CCCCC3)C2=O)cc1. The standard InChI is InChI=1S/C29H29N3O2S/c1-21-13-15-22(16-14-21)20-34-26-12-6-5-8-23(26)18-27-28(33)32(25-10-3-2-4-11-25)29(35-27)31-24-9-7-17-30-19-24/h5-9,12-19,25H,2-4,10-11,20H2,1H3/b27-18-,31-29?. The molecule has 35 heavy (non-hydrogen) atoms. The van der Waals surface area contributed by atoms with Crippen molar-refractivity contribution in [2.45, 2.75) is 51.7 Å². The molecule has 2 heterocycles. The molecule has 0 spiro atoms. The van der Waals surface area contributed by atoms with Crippen LogP contribution < -0.4 is 4.74 Å². The Labute approximate surface area is 210 Å². The summed E-state index contributed by atoms with van der Waals surface area (Å²) in [5, 5.41) is 0.735. The lowest BCUT2D eigenvalue weighted by molar-refractivity contribution is -0.124. The van der Waals surface area contributed by atoms with Gasteiger partial charge in [0.2, 0.25) is 0 Å². The van der Waals surface area contributed by atoms with Crippen LogP contribution in [0.25, 0.3) is 6.08 Å². The molecule has 3 aromatic rings. The molecule has 0 bridgehead atoms. The van der Waals surface area contributed by atoms with Gasteiger partial charge in [0.25, 0.3) is 5.91 Å². The van der Waals surface area contributed by atoms with Crippen molar-refractivity contribution in [3.8, 4) is 5.75 Å². The number of aliphatic imine (C=N–C) groups is 1. The van der Waals surface area contributed by atoms with Crippen molar-refractivity contribution in [3.05, 3.63) is 94.7 Å². The maximum absolute atomic E-state index is 13.6. The zero-order valence-corrected chi connectivity index (χ0v) is 20.7. The van der Waals surface area contributed by atoms with Crippen molar-refractivity contribution in [3.63, 3.8) is 0 Å². The number of hydrogen-bond acceptors (Lipinski definition) is 5. The van der Waals surface area contributed by atoms with Gasteiger partial charge in [-0.25, -0.2) is 4.99 Å². The first kappa shape index (κ1) is 23.4. The van der Waals surface area contributed by atoms with Gasteiger partial charge in [0.05, 0.1) is 16.8 Å². The molecule has 0 N–H and O–H groups in total. The van der Waals surface area contributed by atoms with Gasteiger partial charge in [-0.15, -0.1) is 0 Å². The molecule has 1 saturated heterocycles. The van der Waals surface area contributed by atoms with Gasteiger partial charge in [0.1, 0.15) is 12.4 Å². The van der Waals surface area contributed by atoms with Gasteiger partial charge in [0, 0.05) is 17.8 Å². The molecule has 0 unspecified atom stereocenters. The smallest absolute Gasteiger partial charge is 0.267 e. The first-order valence-corrected chi connectivity index (χ1v) is 13.0. The fraction of sp³-hybridized carbons (Fsp3) is 0.276. The highest BCUT2D eigenvalue weighted by molar-refractivity contribution is 8.18. The number of hydrogen-bond donors (Lipinski definition) is 0. The molecule has 0 radical (unpaired) electrons. The van der Waals surface area contributed by atoms with Crippen molar-refractivity contribution in [1.29, 1.82) is 0 Å². The number of pyridine rings is 1. The highest BCUT2D eigenvalue weighted by atomic mass is 32.2. The van der Waals surface area contributed by atoms with Crippen molar-refractivity contribution in [2.75, 3.05) is 0 Å². The maximum Gasteiger partial charge on any atom is 0.267 e. The van der Waals surface area contributed by atoms with E-state index in [1.807, 2.05) is 47.4 Å². The summed E-state index contributed by atoms with van der Waals surface area (Å²) < 4.78 is 6.16. The van der Waals surface area contributed by atoms with Crippen molar-refractivity contribution in [2.24, 2.45) is 4.99 Å². The summed E-state index contributed by atoms with van der Waals surface area (Å²) in [6, 6.07) is 20.2. The van der Waals surface area contributed by atoms with Crippen LogP contribution in [-0.4, -0.2) is 27.0 Å². The average molecular weight is 484 g/mol. The number of benzene rings is 2. The summed E-state index contributed by atoms with van der Waals surface area (Å²) in [5.41, 5.74) is 3.98. The zero-order chi connectivity index (χ0) is 24.0. The molecule has 6 heteroatoms. The Balaban J connectivity index is 1.42. The molecule has 1 amide bonds. The van der Waals surface area contributed by atoms with Gasteiger partial charge in [-0.2, -0.15) is 0 Å². The molecule has 5 nitrogen and oxygen atoms in total. The summed E-state index contributed by atoms with van der Waals surface area (Å²) in [6.45, 7) is 2.55. The van der Waals surface area contributed by atoms with Crippen LogP contribution >= 0.6 is 11.8 Å². The van der Waals surface area contributed by atoms with Gasteiger partial charge >= 0.3 is 0 Å². The van der Waals surface area contributed by atoms with E-state index < -0.39 is 0 Å². The molecule has 0 atom stereocenters. The van der Waals surface area contributed by atoms with E-state index in [4.69, 9.17) is 9.73 Å². The predicted molar refractivity (Wildman–Crippen MR) is 143 cm³/mol. The molecule has 1 aromatic heterocycles. The quantitative estimate of drug-likeness (QED) is 0.358. The van der Waals surface area contributed by atoms with Gasteiger partial charge in [0.15, 0.2) is 5.17 Å². The number of para-hydroxylation sites is 1. The van der Waals surface area contributed by atoms with Gasteiger partial charge in [-0.3, -0.25) is 14.7 Å². The Hall–Kier alpha value is -3.38. The second kappa shape index (κ2) is 10.9. The normalized spacial score (nSPS) is 19.0. The van der Waals surface area contributed by atoms with E-state index in [-0.39, 0.29) is 11.9 Å². The van der Waals surface area contributed by atoms with Crippen molar-refractivity contribution in [1.82, 2.24) is 9.88 Å². The highest BCUT2D eigenvalue weighted by Crippen LogP contribution is 2.39. The number of amides is 1. The van der Waals surface area contributed by atoms with E-state index in [2.05, 4.69) is 36.2 Å². The number of nitrogens with zero attached hydrogens (tertiary/aromatic N) is 3. The predicted octanol–water partition coefficient (Wildman–Crippen LogP) is 6.91. The van der Waals surface area contributed by atoms with Gasteiger partial charge in [-0.05, 0) is 61.4 Å². The van der Waals surface area contributed by atoms with Gasteiger partial charge < -0.3 is 4.74 Å². The van der Waals surface area contributed by atoms with Crippen LogP contribution in [0.4, 0.5) is 5.69 Å². The first-order valence-electron chi connectivity index (χ1n) is 12.2. The third-order valence-electron chi connectivity index (χ3n) is 6.37. The molecule has 178 valence electrons. The molecule has 2 aliphatic rings. The highest BCUT2D eigenvalue weighted by Gasteiger charge is 2.38. The average Bonchev–Trinajstić information content (AvgIpc) is 3.19. The van der Waals surface area contributed by atoms with Crippen LogP contribution in [0.15, 0.2) is 83.0 Å². The minimum absolute atomic E-state index is 0.0258. The molecular weight excluding hydrogens is 454 g/mol. The second-order valence-corrected chi connectivity index (χ2v) is 10.0. The minimum atomic E-state index is 0.0258. The van der Waals surface area contributed by atoms with Crippen molar-refractivity contribution < 1.29 is 9.53 Å². The summed E-state index contributed by atoms with van der Waals surface area (Å²) >= 11 is 1.44. The summed E-state index contributed by atoms with van der Waals surface area (Å²) in [4.78, 5) is 25.2. The third-order valence-corrected chi connectivity index (χ3v) is 7.35. The lowest BCUT2D eigenvalue weighted by atomic mass is 9.94. The van der Waals surface area contributed by atoms with Crippen LogP contribution in [0.1, 0.15) is 48.8 Å². The summed E-state index contributed by atoms with van der Waals surface area (Å²) in [7, 11) is 0. The molecule has 1 aliphatic heterocycles. The minimum Gasteiger partial charge on any atom is -0.488 e. The Morgan fingerprint density at radius 2 is 1.86 bits per heavy atom. The fourth-order valence-electron chi connectivity index (χ4n) is 4.47. The van der Waals surface area contributed by atoms with E-state index in [1.165, 1.54) is 23.7 Å². The summed E-state index contributed by atoms with van der Waals surface area (Å²) in [5.74, 6) is 0.786. The number of aromatic nitrogens is 1. The number of carbonyl (C=O) groups is 1. The number of amidine groups is 1. The van der Waals surface area contributed by atoms with Crippen molar-refractivity contribution >= 4 is 34.6 Å². The van der Waals surface area contributed by atoms with Crippen LogP contribution in [0.5, 0.6) is 5.75 Å². The Morgan fingerprint density at radius 3 is 2.63 bits per heavy atom. The van der Waals surface area contributed by atoms with Crippen LogP contribution in [-0.2, 0) is 11.4 Å². The van der Waals surface area contributed by atoms with E-state index in [0.29, 0.717) is 11.5 Å². The molecule has 1 saturated carbocycles. The molecule has 5 rings (SSSR count). The molecule has 2 aromatic carbocycles. The number of aryl methyl sites for hydroxylation is 1. The molecule has 1 aliphatic carbocycles. The maximum atomic E-state index is 13.6. The van der Waals surface area contributed by atoms with Gasteiger partial charge in [-0.1, -0.05) is 67.3 Å². The number of rotatable bonds is 6. The molecular formula is C29H29N3O2S. The van der Waals surface area contributed by atoms with E-state index in [9.17, 15) is 4.79 Å². The largest absolute Gasteiger partial charge is 0.488 e. The molecule has 2 fully saturated rings. The topological polar surface area (TPSA) is 54.8 Å². The van der Waals surface area contributed by atoms with Crippen LogP contribution in [0.3, 0.4) is 0 Å². The fourth-order valence-corrected chi connectivity index (χ4v) is 5.52. The summed E-state index contributed by atoms with van der Waals surface area (Å²) in [6.07, 6.45) is 11.0. The van der Waals surface area contributed by atoms with E-state index >= 15 is 0 Å². The van der Waals surface area contributed by atoms with E-state index in [0.717, 1.165) is 53.4 Å². The Bertz CT molecular complexity index is 1230. The third kappa shape index (κ3) is 5.65. The van der Waals surface area contributed by atoms with Crippen LogP contribution in [0, 0.1) is 6.92 Å². The lowest BCUT2D eigenvalue weighted by Gasteiger charge is -2.30. The lowest BCUT2D eigenvalue weighted by Crippen LogP contribution is -2.40. The second-order valence-electron chi connectivity index (χ2n) is 9.00. The Kier molecular flexibility index (Phi) is 7.28. The number of ether oxygens (including phenoxy) is 1. The number of thioether (sulfide) groups is 1. The monoisotopic (exact) mass is 483 g/mol. The Morgan fingerprint density at radius 1 is 1.06 bits per heavy atom. The number of carbonyl (C=O) groups excluding carboxylic acids is 1.